The molecule has 0 radical (unpaired) electrons. The summed E-state index contributed by atoms with van der Waals surface area (Å²) in [6.07, 6.45) is -1.67. The minimum absolute atomic E-state index is 0.0395. The van der Waals surface area contributed by atoms with Crippen molar-refractivity contribution in [3.05, 3.63) is 47.5 Å². The van der Waals surface area contributed by atoms with Crippen LogP contribution < -0.4 is 10.6 Å². The zero-order valence-electron chi connectivity index (χ0n) is 18.7. The molecule has 10 nitrogen and oxygen atoms in total. The third-order valence-corrected chi connectivity index (χ3v) is 5.55. The zero-order valence-corrected chi connectivity index (χ0v) is 18.7. The Kier molecular flexibility index (Phi) is 6.31. The van der Waals surface area contributed by atoms with Crippen LogP contribution in [0.3, 0.4) is 0 Å². The van der Waals surface area contributed by atoms with Gasteiger partial charge in [-0.15, -0.1) is 0 Å². The number of amides is 4. The van der Waals surface area contributed by atoms with Crippen molar-refractivity contribution in [3.63, 3.8) is 0 Å². The van der Waals surface area contributed by atoms with Crippen LogP contribution in [0.4, 0.5) is 16.2 Å². The van der Waals surface area contributed by atoms with Gasteiger partial charge in [-0.3, -0.25) is 24.0 Å². The molecule has 2 aromatic rings. The highest BCUT2D eigenvalue weighted by Crippen LogP contribution is 2.47. The maximum absolute atomic E-state index is 12.6. The number of nitrogens with zero attached hydrogens (tertiary/aromatic N) is 1. The summed E-state index contributed by atoms with van der Waals surface area (Å²) < 4.78 is 5.56. The van der Waals surface area contributed by atoms with Crippen molar-refractivity contribution in [1.29, 1.82) is 0 Å². The lowest BCUT2D eigenvalue weighted by molar-refractivity contribution is -0.178. The number of hydroxylamine groups is 2. The van der Waals surface area contributed by atoms with Crippen LogP contribution in [0.25, 0.3) is 11.1 Å². The number of hydrogen-bond acceptors (Lipinski definition) is 7. The Morgan fingerprint density at radius 2 is 1.32 bits per heavy atom. The molecule has 0 atom stereocenters. The molecular formula is C24H23N3O7. The quantitative estimate of drug-likeness (QED) is 0.491. The van der Waals surface area contributed by atoms with E-state index in [-0.39, 0.29) is 24.7 Å². The average Bonchev–Trinajstić information content (AvgIpc) is 3.30. The van der Waals surface area contributed by atoms with Gasteiger partial charge in [-0.25, -0.2) is 4.79 Å². The lowest BCUT2D eigenvalue weighted by atomic mass is 10.0. The Morgan fingerprint density at radius 1 is 0.853 bits per heavy atom. The van der Waals surface area contributed by atoms with Crippen molar-refractivity contribution in [2.75, 3.05) is 10.6 Å². The molecule has 34 heavy (non-hydrogen) atoms. The lowest BCUT2D eigenvalue weighted by Crippen LogP contribution is -2.32. The van der Waals surface area contributed by atoms with Crippen LogP contribution in [0.2, 0.25) is 0 Å². The normalized spacial score (nSPS) is 14.5. The first-order valence-corrected chi connectivity index (χ1v) is 10.9. The first kappa shape index (κ1) is 23.0. The third kappa shape index (κ3) is 4.47. The van der Waals surface area contributed by atoms with Crippen molar-refractivity contribution in [3.8, 4) is 11.1 Å². The lowest BCUT2D eigenvalue weighted by Gasteiger charge is -2.18. The van der Waals surface area contributed by atoms with E-state index in [2.05, 4.69) is 10.6 Å². The highest BCUT2D eigenvalue weighted by atomic mass is 16.8. The van der Waals surface area contributed by atoms with Crippen molar-refractivity contribution in [2.45, 2.75) is 45.6 Å². The summed E-state index contributed by atoms with van der Waals surface area (Å²) in [7, 11) is 0. The largest absolute Gasteiger partial charge is 0.534 e. The van der Waals surface area contributed by atoms with Crippen LogP contribution in [0, 0.1) is 0 Å². The predicted molar refractivity (Wildman–Crippen MR) is 120 cm³/mol. The molecule has 4 rings (SSSR count). The monoisotopic (exact) mass is 465 g/mol. The maximum Gasteiger partial charge on any atom is 0.534 e. The van der Waals surface area contributed by atoms with E-state index in [4.69, 9.17) is 9.57 Å². The fraction of sp³-hybridized carbons (Fsp3) is 0.292. The number of nitrogens with one attached hydrogen (secondary N) is 2. The van der Waals surface area contributed by atoms with E-state index in [0.29, 0.717) is 40.4 Å². The molecule has 0 saturated carbocycles. The Hall–Kier alpha value is -4.21. The SMILES string of the molecule is CCC(=O)Nc1ccc2c(c1)C(OC(=O)ON1C(=O)CCC1=O)c1cc(NC(=O)CC)ccc1-2. The van der Waals surface area contributed by atoms with Gasteiger partial charge in [0.15, 0.2) is 6.10 Å². The summed E-state index contributed by atoms with van der Waals surface area (Å²) in [6.45, 7) is 3.46. The first-order valence-electron chi connectivity index (χ1n) is 10.9. The van der Waals surface area contributed by atoms with E-state index >= 15 is 0 Å². The number of anilines is 2. The van der Waals surface area contributed by atoms with E-state index in [1.165, 1.54) is 0 Å². The minimum Gasteiger partial charge on any atom is -0.420 e. The number of fused-ring (bicyclic) bond motifs is 3. The number of benzene rings is 2. The smallest absolute Gasteiger partial charge is 0.420 e. The molecule has 2 aliphatic rings. The zero-order chi connectivity index (χ0) is 24.4. The van der Waals surface area contributed by atoms with Gasteiger partial charge in [0.2, 0.25) is 11.8 Å². The van der Waals surface area contributed by atoms with E-state index in [1.807, 2.05) is 0 Å². The maximum atomic E-state index is 12.6. The van der Waals surface area contributed by atoms with Crippen LogP contribution in [0.1, 0.15) is 56.8 Å². The van der Waals surface area contributed by atoms with Crippen molar-refractivity contribution >= 4 is 41.2 Å². The third-order valence-electron chi connectivity index (χ3n) is 5.55. The summed E-state index contributed by atoms with van der Waals surface area (Å²) >= 11 is 0. The molecule has 2 aromatic carbocycles. The summed E-state index contributed by atoms with van der Waals surface area (Å²) in [5, 5.41) is 5.96. The van der Waals surface area contributed by atoms with Crippen LogP contribution in [0.15, 0.2) is 36.4 Å². The fourth-order valence-corrected chi connectivity index (χ4v) is 3.85. The number of hydrogen-bond donors (Lipinski definition) is 2. The fourth-order valence-electron chi connectivity index (χ4n) is 3.85. The minimum atomic E-state index is -1.22. The second kappa shape index (κ2) is 9.34. The van der Waals surface area contributed by atoms with Crippen LogP contribution >= 0.6 is 0 Å². The molecule has 1 heterocycles. The number of ether oxygens (including phenoxy) is 1. The van der Waals surface area contributed by atoms with Crippen LogP contribution in [-0.4, -0.2) is 34.8 Å². The molecule has 10 heteroatoms. The molecule has 0 bridgehead atoms. The predicted octanol–water partition coefficient (Wildman–Crippen LogP) is 3.67. The topological polar surface area (TPSA) is 131 Å². The van der Waals surface area contributed by atoms with Gasteiger partial charge in [0.05, 0.1) is 0 Å². The summed E-state index contributed by atoms with van der Waals surface area (Å²) in [6, 6.07) is 10.5. The van der Waals surface area contributed by atoms with Crippen LogP contribution in [0.5, 0.6) is 0 Å². The Balaban J connectivity index is 1.67. The summed E-state index contributed by atoms with van der Waals surface area (Å²) in [5.74, 6) is -1.60. The van der Waals surface area contributed by atoms with Gasteiger partial charge < -0.3 is 15.4 Å². The number of imide groups is 1. The number of carbonyl (C=O) groups excluding carboxylic acids is 5. The number of carbonyl (C=O) groups is 5. The molecule has 1 aliphatic carbocycles. The molecule has 0 aromatic heterocycles. The molecule has 176 valence electrons. The van der Waals surface area contributed by atoms with E-state index < -0.39 is 24.1 Å². The first-order chi connectivity index (χ1) is 16.3. The Bertz CT molecular complexity index is 1120. The van der Waals surface area contributed by atoms with Crippen molar-refractivity contribution < 1.29 is 33.5 Å². The summed E-state index contributed by atoms with van der Waals surface area (Å²) in [4.78, 5) is 64.8. The van der Waals surface area contributed by atoms with Gasteiger partial charge in [0.1, 0.15) is 0 Å². The van der Waals surface area contributed by atoms with Gasteiger partial charge in [0, 0.05) is 48.2 Å². The second-order valence-corrected chi connectivity index (χ2v) is 7.83. The molecule has 1 saturated heterocycles. The van der Waals surface area contributed by atoms with Gasteiger partial charge in [-0.05, 0) is 35.4 Å². The summed E-state index contributed by atoms with van der Waals surface area (Å²) in [5.41, 5.74) is 3.74. The Labute approximate surface area is 195 Å². The molecule has 0 spiro atoms. The van der Waals surface area contributed by atoms with Gasteiger partial charge in [-0.2, -0.15) is 0 Å². The van der Waals surface area contributed by atoms with E-state index in [1.54, 1.807) is 50.2 Å². The molecule has 1 fully saturated rings. The molecule has 2 N–H and O–H groups in total. The van der Waals surface area contributed by atoms with Crippen molar-refractivity contribution in [2.24, 2.45) is 0 Å². The van der Waals surface area contributed by atoms with Crippen LogP contribution in [-0.2, 0) is 28.8 Å². The standard InChI is InChI=1S/C24H23N3O7/c1-3-19(28)25-13-5-7-15-16-8-6-14(26-20(29)4-2)12-18(16)23(17(15)11-13)33-24(32)34-27-21(30)9-10-22(27)31/h5-8,11-12,23H,3-4,9-10H2,1-2H3,(H,25,28)(H,26,29). The van der Waals surface area contributed by atoms with Gasteiger partial charge in [0.25, 0.3) is 11.8 Å². The van der Waals surface area contributed by atoms with Gasteiger partial charge in [-0.1, -0.05) is 31.0 Å². The van der Waals surface area contributed by atoms with Gasteiger partial charge >= 0.3 is 6.16 Å². The van der Waals surface area contributed by atoms with E-state index in [0.717, 1.165) is 11.1 Å². The Morgan fingerprint density at radius 3 is 1.76 bits per heavy atom. The molecular weight excluding hydrogens is 442 g/mol. The van der Waals surface area contributed by atoms with Crippen molar-refractivity contribution in [1.82, 2.24) is 5.06 Å². The molecule has 0 unspecified atom stereocenters. The van der Waals surface area contributed by atoms with E-state index in [9.17, 15) is 24.0 Å². The molecule has 4 amide bonds. The highest BCUT2D eigenvalue weighted by Gasteiger charge is 2.37. The number of rotatable bonds is 6. The molecule has 1 aliphatic heterocycles. The second-order valence-electron chi connectivity index (χ2n) is 7.83. The average molecular weight is 465 g/mol. The highest BCUT2D eigenvalue weighted by molar-refractivity contribution is 6.01.